The molecule has 0 atom stereocenters. The Hall–Kier alpha value is -2.26. The van der Waals surface area contributed by atoms with Crippen molar-refractivity contribution in [3.05, 3.63) is 96.2 Å². The van der Waals surface area contributed by atoms with Crippen molar-refractivity contribution >= 4 is 72.4 Å². The van der Waals surface area contributed by atoms with Crippen molar-refractivity contribution in [3.8, 4) is 11.5 Å². The van der Waals surface area contributed by atoms with E-state index in [1.165, 1.54) is 4.90 Å². The van der Waals surface area contributed by atoms with Crippen LogP contribution in [0.1, 0.15) is 23.6 Å². The zero-order valence-electron chi connectivity index (χ0n) is 18.6. The fraction of sp³-hybridized carbons (Fsp3) is 0.154. The maximum Gasteiger partial charge on any atom is 0.293 e. The Morgan fingerprint density at radius 2 is 1.74 bits per heavy atom. The lowest BCUT2D eigenvalue weighted by Gasteiger charge is -2.15. The van der Waals surface area contributed by atoms with Crippen molar-refractivity contribution in [3.63, 3.8) is 0 Å². The van der Waals surface area contributed by atoms with Gasteiger partial charge in [0.2, 0.25) is 0 Å². The first-order valence-electron chi connectivity index (χ1n) is 10.7. The predicted molar refractivity (Wildman–Crippen MR) is 147 cm³/mol. The number of carbonyl (C=O) groups excluding carboxylic acids is 2. The van der Waals surface area contributed by atoms with Gasteiger partial charge in [0.25, 0.3) is 11.1 Å². The minimum absolute atomic E-state index is 0.203. The largest absolute Gasteiger partial charge is 0.490 e. The van der Waals surface area contributed by atoms with Crippen molar-refractivity contribution in [2.75, 3.05) is 6.61 Å². The standard InChI is InChI=1S/C26H20Br2ClNO4S/c1-2-33-22-12-17(11-21(28)24(22)34-15-16-7-9-19(29)10-8-16)13-23-25(31)30(26(32)35-23)14-18-5-3-4-6-20(18)27/h3-13H,2,14-15H2,1H3/b23-13-. The van der Waals surface area contributed by atoms with Crippen LogP contribution in [0.25, 0.3) is 6.08 Å². The summed E-state index contributed by atoms with van der Waals surface area (Å²) in [5, 5.41) is 0.360. The van der Waals surface area contributed by atoms with E-state index in [1.54, 1.807) is 12.1 Å². The number of carbonyl (C=O) groups is 2. The molecule has 0 aromatic heterocycles. The number of hydrogen-bond acceptors (Lipinski definition) is 5. The number of thioether (sulfide) groups is 1. The first kappa shape index (κ1) is 25.8. The van der Waals surface area contributed by atoms with Gasteiger partial charge in [-0.25, -0.2) is 0 Å². The van der Waals surface area contributed by atoms with Crippen LogP contribution in [0.2, 0.25) is 5.02 Å². The quantitative estimate of drug-likeness (QED) is 0.234. The molecular weight excluding hydrogens is 618 g/mol. The molecular formula is C26H20Br2ClNO4S. The molecule has 0 N–H and O–H groups in total. The number of hydrogen-bond donors (Lipinski definition) is 0. The molecule has 3 aromatic rings. The van der Waals surface area contributed by atoms with Crippen molar-refractivity contribution in [2.45, 2.75) is 20.1 Å². The van der Waals surface area contributed by atoms with Gasteiger partial charge in [0.15, 0.2) is 11.5 Å². The SMILES string of the molecule is CCOc1cc(/C=C2\SC(=O)N(Cc3ccccc3Br)C2=O)cc(Br)c1OCc1ccc(Cl)cc1. The van der Waals surface area contributed by atoms with E-state index in [0.29, 0.717) is 44.7 Å². The Bertz CT molecular complexity index is 1300. The zero-order chi connectivity index (χ0) is 24.9. The van der Waals surface area contributed by atoms with E-state index in [9.17, 15) is 9.59 Å². The maximum absolute atomic E-state index is 13.0. The molecule has 0 spiro atoms. The molecule has 0 radical (unpaired) electrons. The summed E-state index contributed by atoms with van der Waals surface area (Å²) >= 11 is 13.9. The molecule has 1 heterocycles. The van der Waals surface area contributed by atoms with Crippen LogP contribution in [0.5, 0.6) is 11.5 Å². The molecule has 1 fully saturated rings. The Labute approximate surface area is 229 Å². The molecule has 3 aromatic carbocycles. The maximum atomic E-state index is 13.0. The summed E-state index contributed by atoms with van der Waals surface area (Å²) in [6, 6.07) is 18.6. The second kappa shape index (κ2) is 11.6. The van der Waals surface area contributed by atoms with E-state index in [1.807, 2.05) is 61.5 Å². The molecule has 35 heavy (non-hydrogen) atoms. The van der Waals surface area contributed by atoms with E-state index < -0.39 is 0 Å². The van der Waals surface area contributed by atoms with Gasteiger partial charge in [-0.1, -0.05) is 57.9 Å². The van der Waals surface area contributed by atoms with Crippen LogP contribution in [0.4, 0.5) is 4.79 Å². The molecule has 0 aliphatic carbocycles. The zero-order valence-corrected chi connectivity index (χ0v) is 23.3. The van der Waals surface area contributed by atoms with E-state index >= 15 is 0 Å². The summed E-state index contributed by atoms with van der Waals surface area (Å²) in [5.74, 6) is 0.767. The van der Waals surface area contributed by atoms with Crippen LogP contribution in [0.3, 0.4) is 0 Å². The highest BCUT2D eigenvalue weighted by Gasteiger charge is 2.35. The number of halogens is 3. The number of rotatable bonds is 8. The lowest BCUT2D eigenvalue weighted by molar-refractivity contribution is -0.123. The third kappa shape index (κ3) is 6.30. The molecule has 9 heteroatoms. The van der Waals surface area contributed by atoms with Crippen LogP contribution in [0, 0.1) is 0 Å². The van der Waals surface area contributed by atoms with Gasteiger partial charge in [-0.2, -0.15) is 0 Å². The smallest absolute Gasteiger partial charge is 0.293 e. The van der Waals surface area contributed by atoms with Crippen molar-refractivity contribution in [2.24, 2.45) is 0 Å². The molecule has 1 aliphatic heterocycles. The second-order valence-corrected chi connectivity index (χ2v) is 10.7. The van der Waals surface area contributed by atoms with Crippen molar-refractivity contribution < 1.29 is 19.1 Å². The Balaban J connectivity index is 1.55. The van der Waals surface area contributed by atoms with E-state index in [4.69, 9.17) is 21.1 Å². The Morgan fingerprint density at radius 1 is 1.00 bits per heavy atom. The Kier molecular flexibility index (Phi) is 8.59. The van der Waals surface area contributed by atoms with Gasteiger partial charge in [0, 0.05) is 9.50 Å². The van der Waals surface area contributed by atoms with Crippen LogP contribution < -0.4 is 9.47 Å². The topological polar surface area (TPSA) is 55.8 Å². The number of imide groups is 1. The lowest BCUT2D eigenvalue weighted by atomic mass is 10.1. The highest BCUT2D eigenvalue weighted by molar-refractivity contribution is 9.10. The number of benzene rings is 3. The number of nitrogens with zero attached hydrogens (tertiary/aromatic N) is 1. The Morgan fingerprint density at radius 3 is 2.46 bits per heavy atom. The number of amides is 2. The molecule has 2 amide bonds. The molecule has 4 rings (SSSR count). The fourth-order valence-corrected chi connectivity index (χ4v) is 5.34. The first-order valence-corrected chi connectivity index (χ1v) is 13.5. The number of ether oxygens (including phenoxy) is 2. The average molecular weight is 638 g/mol. The summed E-state index contributed by atoms with van der Waals surface area (Å²) in [6.07, 6.45) is 1.70. The summed E-state index contributed by atoms with van der Waals surface area (Å²) in [5.41, 5.74) is 2.54. The molecule has 180 valence electrons. The molecule has 0 bridgehead atoms. The third-order valence-corrected chi connectivity index (χ3v) is 7.61. The van der Waals surface area contributed by atoms with Gasteiger partial charge in [-0.3, -0.25) is 14.5 Å². The first-order chi connectivity index (χ1) is 16.9. The van der Waals surface area contributed by atoms with Crippen LogP contribution in [0.15, 0.2) is 74.5 Å². The monoisotopic (exact) mass is 635 g/mol. The van der Waals surface area contributed by atoms with Gasteiger partial charge in [-0.15, -0.1) is 0 Å². The van der Waals surface area contributed by atoms with Crippen molar-refractivity contribution in [1.29, 1.82) is 0 Å². The average Bonchev–Trinajstić information content (AvgIpc) is 3.08. The lowest BCUT2D eigenvalue weighted by Crippen LogP contribution is -2.27. The van der Waals surface area contributed by atoms with Gasteiger partial charge in [0.05, 0.1) is 22.5 Å². The molecule has 0 unspecified atom stereocenters. The minimum Gasteiger partial charge on any atom is -0.490 e. The van der Waals surface area contributed by atoms with Crippen LogP contribution in [-0.2, 0) is 17.9 Å². The molecule has 1 aliphatic rings. The fourth-order valence-electron chi connectivity index (χ4n) is 3.40. The minimum atomic E-state index is -0.326. The van der Waals surface area contributed by atoms with Gasteiger partial charge < -0.3 is 9.47 Å². The predicted octanol–water partition coefficient (Wildman–Crippen LogP) is 8.08. The van der Waals surface area contributed by atoms with E-state index in [2.05, 4.69) is 31.9 Å². The van der Waals surface area contributed by atoms with Gasteiger partial charge in [-0.05, 0) is 87.7 Å². The van der Waals surface area contributed by atoms with E-state index in [0.717, 1.165) is 27.4 Å². The van der Waals surface area contributed by atoms with Gasteiger partial charge >= 0.3 is 0 Å². The van der Waals surface area contributed by atoms with Crippen LogP contribution in [-0.4, -0.2) is 22.7 Å². The second-order valence-electron chi connectivity index (χ2n) is 7.54. The molecule has 0 saturated carbocycles. The van der Waals surface area contributed by atoms with E-state index in [-0.39, 0.29) is 17.7 Å². The molecule has 5 nitrogen and oxygen atoms in total. The van der Waals surface area contributed by atoms with Gasteiger partial charge in [0.1, 0.15) is 6.61 Å². The van der Waals surface area contributed by atoms with Crippen LogP contribution >= 0.6 is 55.2 Å². The molecule has 1 saturated heterocycles. The highest BCUT2D eigenvalue weighted by Crippen LogP contribution is 2.40. The third-order valence-electron chi connectivity index (χ3n) is 5.09. The summed E-state index contributed by atoms with van der Waals surface area (Å²) < 4.78 is 13.4. The normalized spacial score (nSPS) is 14.6. The summed E-state index contributed by atoms with van der Waals surface area (Å²) in [7, 11) is 0. The summed E-state index contributed by atoms with van der Waals surface area (Å²) in [6.45, 7) is 2.87. The highest BCUT2D eigenvalue weighted by atomic mass is 79.9. The van der Waals surface area contributed by atoms with Crippen molar-refractivity contribution in [1.82, 2.24) is 4.90 Å². The summed E-state index contributed by atoms with van der Waals surface area (Å²) in [4.78, 5) is 27.2.